The Hall–Kier alpha value is -3.04. The summed E-state index contributed by atoms with van der Waals surface area (Å²) in [4.78, 5) is 13.5. The van der Waals surface area contributed by atoms with Gasteiger partial charge in [0.15, 0.2) is 0 Å². The highest BCUT2D eigenvalue weighted by molar-refractivity contribution is 7.89. The highest BCUT2D eigenvalue weighted by Crippen LogP contribution is 2.30. The Kier molecular flexibility index (Phi) is 6.15. The van der Waals surface area contributed by atoms with Crippen LogP contribution in [-0.4, -0.2) is 47.9 Å². The van der Waals surface area contributed by atoms with Crippen molar-refractivity contribution in [2.45, 2.75) is 30.6 Å². The molecule has 162 valence electrons. The molecule has 1 N–H and O–H groups in total. The van der Waals surface area contributed by atoms with Crippen LogP contribution in [0.25, 0.3) is 0 Å². The molecule has 1 fully saturated rings. The molecule has 1 atom stereocenters. The van der Waals surface area contributed by atoms with Gasteiger partial charge >= 0.3 is 0 Å². The smallest absolute Gasteiger partial charge is 0.243 e. The van der Waals surface area contributed by atoms with E-state index in [0.717, 1.165) is 24.1 Å². The Morgan fingerprint density at radius 1 is 1.10 bits per heavy atom. The van der Waals surface area contributed by atoms with E-state index in [-0.39, 0.29) is 10.8 Å². The zero-order chi connectivity index (χ0) is 21.8. The second-order valence-electron chi connectivity index (χ2n) is 7.48. The Balaban J connectivity index is 1.52. The van der Waals surface area contributed by atoms with Gasteiger partial charge in [0, 0.05) is 31.4 Å². The van der Waals surface area contributed by atoms with Gasteiger partial charge in [0.1, 0.15) is 11.6 Å². The molecule has 0 aliphatic carbocycles. The third-order valence-electron chi connectivity index (χ3n) is 5.42. The number of piperidine rings is 1. The lowest BCUT2D eigenvalue weighted by atomic mass is 9.96. The summed E-state index contributed by atoms with van der Waals surface area (Å²) in [5, 5.41) is 3.15. The van der Waals surface area contributed by atoms with Gasteiger partial charge in [-0.15, -0.1) is 0 Å². The van der Waals surface area contributed by atoms with Crippen molar-refractivity contribution in [1.29, 1.82) is 0 Å². The van der Waals surface area contributed by atoms with Crippen molar-refractivity contribution < 1.29 is 13.2 Å². The number of aryl methyl sites for hydroxylation is 1. The first-order valence-corrected chi connectivity index (χ1v) is 11.6. The van der Waals surface area contributed by atoms with E-state index in [1.54, 1.807) is 48.1 Å². The highest BCUT2D eigenvalue weighted by atomic mass is 32.2. The number of methoxy groups -OCH3 is 1. The van der Waals surface area contributed by atoms with Crippen molar-refractivity contribution in [3.05, 3.63) is 66.1 Å². The van der Waals surface area contributed by atoms with E-state index < -0.39 is 10.0 Å². The van der Waals surface area contributed by atoms with Crippen molar-refractivity contribution in [3.8, 4) is 5.75 Å². The van der Waals surface area contributed by atoms with Crippen molar-refractivity contribution in [2.24, 2.45) is 0 Å². The predicted octanol–water partition coefficient (Wildman–Crippen LogP) is 3.50. The standard InChI is InChI=1S/C22H25N5O3S/c1-16-5-3-12-23-21(16)26-22-24-13-11-20(25-22)17-6-4-14-27(15-17)31(28,29)19-9-7-18(30-2)8-10-19/h3,5,7-13,17H,4,6,14-15H2,1-2H3,(H,23,24,25,26)/t17-/m1/s1. The second-order valence-corrected chi connectivity index (χ2v) is 9.41. The second kappa shape index (κ2) is 8.99. The van der Waals surface area contributed by atoms with Crippen LogP contribution in [0.4, 0.5) is 11.8 Å². The third kappa shape index (κ3) is 4.67. The van der Waals surface area contributed by atoms with Gasteiger partial charge in [0.05, 0.1) is 17.7 Å². The minimum Gasteiger partial charge on any atom is -0.497 e. The number of nitrogens with one attached hydrogen (secondary N) is 1. The fourth-order valence-electron chi connectivity index (χ4n) is 3.68. The van der Waals surface area contributed by atoms with Gasteiger partial charge < -0.3 is 10.1 Å². The topological polar surface area (TPSA) is 97.3 Å². The van der Waals surface area contributed by atoms with Crippen LogP contribution in [0.3, 0.4) is 0 Å². The number of nitrogens with zero attached hydrogens (tertiary/aromatic N) is 4. The largest absolute Gasteiger partial charge is 0.497 e. The first-order chi connectivity index (χ1) is 15.0. The molecule has 0 bridgehead atoms. The number of anilines is 2. The Morgan fingerprint density at radius 3 is 2.65 bits per heavy atom. The molecule has 1 saturated heterocycles. The maximum atomic E-state index is 13.1. The van der Waals surface area contributed by atoms with Gasteiger partial charge in [-0.2, -0.15) is 4.31 Å². The molecule has 1 aromatic carbocycles. The van der Waals surface area contributed by atoms with Gasteiger partial charge in [-0.1, -0.05) is 6.07 Å². The maximum absolute atomic E-state index is 13.1. The number of hydrogen-bond acceptors (Lipinski definition) is 7. The zero-order valence-electron chi connectivity index (χ0n) is 17.5. The fourth-order valence-corrected chi connectivity index (χ4v) is 5.21. The van der Waals surface area contributed by atoms with Gasteiger partial charge in [-0.3, -0.25) is 0 Å². The van der Waals surface area contributed by atoms with Gasteiger partial charge in [-0.25, -0.2) is 23.4 Å². The lowest BCUT2D eigenvalue weighted by Crippen LogP contribution is -2.39. The van der Waals surface area contributed by atoms with Gasteiger partial charge in [0.2, 0.25) is 16.0 Å². The Bertz CT molecular complexity index is 1150. The number of pyridine rings is 1. The molecule has 1 aliphatic rings. The van der Waals surface area contributed by atoms with Crippen LogP contribution >= 0.6 is 0 Å². The van der Waals surface area contributed by atoms with E-state index in [1.165, 1.54) is 0 Å². The summed E-state index contributed by atoms with van der Waals surface area (Å²) in [6, 6.07) is 12.2. The molecule has 0 radical (unpaired) electrons. The molecule has 31 heavy (non-hydrogen) atoms. The van der Waals surface area contributed by atoms with Crippen molar-refractivity contribution >= 4 is 21.8 Å². The van der Waals surface area contributed by atoms with Crippen LogP contribution in [0.5, 0.6) is 5.75 Å². The molecular formula is C22H25N5O3S. The van der Waals surface area contributed by atoms with Crippen LogP contribution < -0.4 is 10.1 Å². The average Bonchev–Trinajstić information content (AvgIpc) is 2.81. The minimum absolute atomic E-state index is 0.00449. The molecule has 0 spiro atoms. The first-order valence-electron chi connectivity index (χ1n) is 10.1. The van der Waals surface area contributed by atoms with Crippen molar-refractivity contribution in [3.63, 3.8) is 0 Å². The molecular weight excluding hydrogens is 414 g/mol. The summed E-state index contributed by atoms with van der Waals surface area (Å²) in [6.45, 7) is 2.84. The third-order valence-corrected chi connectivity index (χ3v) is 7.30. The molecule has 2 aromatic heterocycles. The zero-order valence-corrected chi connectivity index (χ0v) is 18.3. The minimum atomic E-state index is -3.58. The molecule has 0 amide bonds. The number of sulfonamides is 1. The molecule has 8 nitrogen and oxygen atoms in total. The summed E-state index contributed by atoms with van der Waals surface area (Å²) in [5.74, 6) is 1.77. The number of aromatic nitrogens is 3. The molecule has 3 aromatic rings. The van der Waals surface area contributed by atoms with Crippen LogP contribution in [0.2, 0.25) is 0 Å². The summed E-state index contributed by atoms with van der Waals surface area (Å²) >= 11 is 0. The van der Waals surface area contributed by atoms with Crippen LogP contribution in [0.1, 0.15) is 30.0 Å². The molecule has 0 saturated carbocycles. The normalized spacial score (nSPS) is 17.3. The average molecular weight is 440 g/mol. The summed E-state index contributed by atoms with van der Waals surface area (Å²) in [5.41, 5.74) is 1.81. The van der Waals surface area contributed by atoms with E-state index in [2.05, 4.69) is 20.3 Å². The fraction of sp³-hybridized carbons (Fsp3) is 0.318. The van der Waals surface area contributed by atoms with E-state index >= 15 is 0 Å². The Morgan fingerprint density at radius 2 is 1.90 bits per heavy atom. The maximum Gasteiger partial charge on any atom is 0.243 e. The molecule has 4 rings (SSSR count). The SMILES string of the molecule is COc1ccc(S(=O)(=O)N2CCC[C@@H](c3ccnc(Nc4ncccc4C)n3)C2)cc1. The van der Waals surface area contributed by atoms with E-state index in [1.807, 2.05) is 25.1 Å². The lowest BCUT2D eigenvalue weighted by Gasteiger charge is -2.31. The quantitative estimate of drug-likeness (QED) is 0.628. The summed E-state index contributed by atoms with van der Waals surface area (Å²) in [6.07, 6.45) is 5.04. The van der Waals surface area contributed by atoms with E-state index in [9.17, 15) is 8.42 Å². The molecule has 1 aliphatic heterocycles. The molecule has 3 heterocycles. The number of benzene rings is 1. The number of rotatable bonds is 6. The summed E-state index contributed by atoms with van der Waals surface area (Å²) < 4.78 is 33.0. The van der Waals surface area contributed by atoms with Crippen LogP contribution in [0, 0.1) is 6.92 Å². The van der Waals surface area contributed by atoms with Crippen LogP contribution in [0.15, 0.2) is 59.8 Å². The number of hydrogen-bond donors (Lipinski definition) is 1. The van der Waals surface area contributed by atoms with Crippen molar-refractivity contribution in [1.82, 2.24) is 19.3 Å². The van der Waals surface area contributed by atoms with Gasteiger partial charge in [-0.05, 0) is 61.7 Å². The Labute approximate surface area is 182 Å². The summed E-state index contributed by atoms with van der Waals surface area (Å²) in [7, 11) is -2.03. The van der Waals surface area contributed by atoms with Crippen molar-refractivity contribution in [2.75, 3.05) is 25.5 Å². The molecule has 9 heteroatoms. The highest BCUT2D eigenvalue weighted by Gasteiger charge is 2.31. The predicted molar refractivity (Wildman–Crippen MR) is 118 cm³/mol. The van der Waals surface area contributed by atoms with Crippen LogP contribution in [-0.2, 0) is 10.0 Å². The number of ether oxygens (including phenoxy) is 1. The first kappa shape index (κ1) is 21.2. The van der Waals surface area contributed by atoms with E-state index in [0.29, 0.717) is 30.6 Å². The van der Waals surface area contributed by atoms with Gasteiger partial charge in [0.25, 0.3) is 0 Å². The monoisotopic (exact) mass is 439 g/mol. The molecule has 0 unspecified atom stereocenters. The van der Waals surface area contributed by atoms with E-state index in [4.69, 9.17) is 4.74 Å². The lowest BCUT2D eigenvalue weighted by molar-refractivity contribution is 0.312.